The van der Waals surface area contributed by atoms with E-state index in [2.05, 4.69) is 11.1 Å². The van der Waals surface area contributed by atoms with E-state index in [1.165, 1.54) is 15.7 Å². The zero-order chi connectivity index (χ0) is 22.9. The zero-order valence-corrected chi connectivity index (χ0v) is 20.0. The monoisotopic (exact) mass is 430 g/mol. The van der Waals surface area contributed by atoms with E-state index in [-0.39, 0.29) is 0 Å². The van der Waals surface area contributed by atoms with Gasteiger partial charge in [0.15, 0.2) is 5.82 Å². The molecule has 2 aromatic rings. The van der Waals surface area contributed by atoms with Gasteiger partial charge in [0, 0.05) is 19.2 Å². The molecular weight excluding hydrogens is 396 g/mol. The minimum atomic E-state index is -3.56. The first-order chi connectivity index (χ1) is 14.5. The standard InChI is InChI=1S/C17H16N4O2S.3C2H6/c1-20-17-16(21(24(20,22)23)11-12-6-7-12)9-8-15(19-17)14-5-3-2-4-13(14)10-18;3*1-2/h2-5,8-9,12H,6-7,11H2,1H3;3*1-2H3. The maximum atomic E-state index is 12.6. The highest BCUT2D eigenvalue weighted by Crippen LogP contribution is 2.42. The third kappa shape index (κ3) is 5.11. The summed E-state index contributed by atoms with van der Waals surface area (Å²) in [6, 6.07) is 12.9. The van der Waals surface area contributed by atoms with E-state index < -0.39 is 10.2 Å². The van der Waals surface area contributed by atoms with Gasteiger partial charge < -0.3 is 0 Å². The summed E-state index contributed by atoms with van der Waals surface area (Å²) in [5.41, 5.74) is 2.43. The summed E-state index contributed by atoms with van der Waals surface area (Å²) in [5.74, 6) is 0.860. The predicted octanol–water partition coefficient (Wildman–Crippen LogP) is 5.61. The third-order valence-corrected chi connectivity index (χ3v) is 6.26. The largest absolute Gasteiger partial charge is 0.327 e. The fraction of sp³-hybridized carbons (Fsp3) is 0.478. The molecule has 1 aromatic carbocycles. The van der Waals surface area contributed by atoms with Crippen molar-refractivity contribution in [3.8, 4) is 17.3 Å². The van der Waals surface area contributed by atoms with Gasteiger partial charge in [0.25, 0.3) is 0 Å². The number of nitrogens with zero attached hydrogens (tertiary/aromatic N) is 4. The van der Waals surface area contributed by atoms with Crippen molar-refractivity contribution < 1.29 is 8.42 Å². The molecule has 1 saturated carbocycles. The molecule has 2 aliphatic rings. The lowest BCUT2D eigenvalue weighted by atomic mass is 10.0. The molecule has 4 rings (SSSR count). The van der Waals surface area contributed by atoms with Gasteiger partial charge in [0.05, 0.1) is 23.0 Å². The molecule has 2 heterocycles. The van der Waals surface area contributed by atoms with Crippen molar-refractivity contribution in [1.82, 2.24) is 4.98 Å². The van der Waals surface area contributed by atoms with Crippen molar-refractivity contribution >= 4 is 21.7 Å². The Labute approximate surface area is 182 Å². The van der Waals surface area contributed by atoms with Crippen molar-refractivity contribution in [1.29, 1.82) is 5.26 Å². The first kappa shape index (κ1) is 25.4. The number of rotatable bonds is 3. The second-order valence-corrected chi connectivity index (χ2v) is 8.03. The molecule has 1 aromatic heterocycles. The second-order valence-electron chi connectivity index (χ2n) is 6.15. The van der Waals surface area contributed by atoms with Gasteiger partial charge in [0.2, 0.25) is 0 Å². The van der Waals surface area contributed by atoms with Crippen LogP contribution in [0.3, 0.4) is 0 Å². The van der Waals surface area contributed by atoms with E-state index in [9.17, 15) is 13.7 Å². The predicted molar refractivity (Wildman–Crippen MR) is 126 cm³/mol. The zero-order valence-electron chi connectivity index (χ0n) is 19.2. The Hall–Kier alpha value is -2.59. The van der Waals surface area contributed by atoms with Gasteiger partial charge in [-0.2, -0.15) is 13.7 Å². The Balaban J connectivity index is 0.000000691. The lowest BCUT2D eigenvalue weighted by Gasteiger charge is -2.18. The van der Waals surface area contributed by atoms with E-state index in [4.69, 9.17) is 0 Å². The van der Waals surface area contributed by atoms with Crippen molar-refractivity contribution in [2.75, 3.05) is 22.2 Å². The normalized spacial score (nSPS) is 15.3. The van der Waals surface area contributed by atoms with Crippen LogP contribution in [0.15, 0.2) is 36.4 Å². The maximum absolute atomic E-state index is 12.6. The molecule has 0 unspecified atom stereocenters. The first-order valence-corrected chi connectivity index (χ1v) is 12.2. The van der Waals surface area contributed by atoms with E-state index in [0.717, 1.165) is 12.8 Å². The Morgan fingerprint density at radius 2 is 1.63 bits per heavy atom. The molecule has 0 atom stereocenters. The van der Waals surface area contributed by atoms with Gasteiger partial charge in [-0.3, -0.25) is 0 Å². The average molecular weight is 431 g/mol. The van der Waals surface area contributed by atoms with E-state index in [1.807, 2.05) is 53.7 Å². The molecule has 0 amide bonds. The molecule has 0 spiro atoms. The first-order valence-electron chi connectivity index (χ1n) is 10.8. The highest BCUT2D eigenvalue weighted by molar-refractivity contribution is 7.94. The summed E-state index contributed by atoms with van der Waals surface area (Å²) in [4.78, 5) is 4.54. The molecule has 1 aliphatic carbocycles. The molecule has 0 bridgehead atoms. The molecule has 164 valence electrons. The fourth-order valence-corrected chi connectivity index (χ4v) is 4.37. The summed E-state index contributed by atoms with van der Waals surface area (Å²) in [6.45, 7) is 12.5. The minimum absolute atomic E-state index is 0.417. The van der Waals surface area contributed by atoms with E-state index in [0.29, 0.717) is 40.8 Å². The molecule has 1 fully saturated rings. The van der Waals surface area contributed by atoms with Gasteiger partial charge in [0.1, 0.15) is 0 Å². The Bertz CT molecular complexity index is 963. The molecule has 7 heteroatoms. The molecule has 0 radical (unpaired) electrons. The van der Waals surface area contributed by atoms with Gasteiger partial charge >= 0.3 is 10.2 Å². The van der Waals surface area contributed by atoms with Crippen molar-refractivity contribution in [3.63, 3.8) is 0 Å². The lowest BCUT2D eigenvalue weighted by molar-refractivity contribution is 0.590. The van der Waals surface area contributed by atoms with Crippen LogP contribution < -0.4 is 8.61 Å². The topological polar surface area (TPSA) is 77.3 Å². The van der Waals surface area contributed by atoms with Crippen LogP contribution in [0.4, 0.5) is 11.5 Å². The molecule has 6 nitrogen and oxygen atoms in total. The van der Waals surface area contributed by atoms with E-state index >= 15 is 0 Å². The highest BCUT2D eigenvalue weighted by Gasteiger charge is 2.42. The van der Waals surface area contributed by atoms with Crippen LogP contribution in [-0.4, -0.2) is 27.0 Å². The quantitative estimate of drug-likeness (QED) is 0.634. The van der Waals surface area contributed by atoms with Gasteiger partial charge in [-0.25, -0.2) is 13.6 Å². The smallest absolute Gasteiger partial charge is 0.249 e. The number of aromatic nitrogens is 1. The number of nitriles is 1. The Morgan fingerprint density at radius 3 is 2.20 bits per heavy atom. The van der Waals surface area contributed by atoms with Crippen LogP contribution in [0.5, 0.6) is 0 Å². The number of pyridine rings is 1. The molecule has 1 aliphatic heterocycles. The second kappa shape index (κ2) is 11.6. The number of benzene rings is 1. The maximum Gasteiger partial charge on any atom is 0.327 e. The molecular formula is C23H34N4O2S. The fourth-order valence-electron chi connectivity index (χ4n) is 2.93. The van der Waals surface area contributed by atoms with Gasteiger partial charge in [-0.05, 0) is 37.0 Å². The van der Waals surface area contributed by atoms with Crippen molar-refractivity contribution in [3.05, 3.63) is 42.0 Å². The van der Waals surface area contributed by atoms with Crippen molar-refractivity contribution in [2.24, 2.45) is 5.92 Å². The Morgan fingerprint density at radius 1 is 1.03 bits per heavy atom. The summed E-state index contributed by atoms with van der Waals surface area (Å²) in [6.07, 6.45) is 2.15. The van der Waals surface area contributed by atoms with Gasteiger partial charge in [-0.15, -0.1) is 0 Å². The van der Waals surface area contributed by atoms with Crippen LogP contribution in [0.2, 0.25) is 0 Å². The third-order valence-electron chi connectivity index (χ3n) is 4.49. The van der Waals surface area contributed by atoms with Crippen LogP contribution in [0, 0.1) is 17.2 Å². The average Bonchev–Trinajstić information content (AvgIpc) is 3.62. The molecule has 0 N–H and O–H groups in total. The summed E-state index contributed by atoms with van der Waals surface area (Å²) >= 11 is 0. The van der Waals surface area contributed by atoms with Crippen LogP contribution in [0.1, 0.15) is 59.9 Å². The summed E-state index contributed by atoms with van der Waals surface area (Å²) in [5, 5.41) is 9.26. The van der Waals surface area contributed by atoms with Crippen LogP contribution >= 0.6 is 0 Å². The van der Waals surface area contributed by atoms with Crippen LogP contribution in [-0.2, 0) is 10.2 Å². The molecule has 0 saturated heterocycles. The number of anilines is 2. The summed E-state index contributed by atoms with van der Waals surface area (Å²) in [7, 11) is -2.03. The SMILES string of the molecule is CC.CC.CC.CN1c2nc(-c3ccccc3C#N)ccc2N(CC2CC2)S1(=O)=O. The van der Waals surface area contributed by atoms with E-state index in [1.54, 1.807) is 24.3 Å². The lowest BCUT2D eigenvalue weighted by Crippen LogP contribution is -2.36. The highest BCUT2D eigenvalue weighted by atomic mass is 32.2. The van der Waals surface area contributed by atoms with Crippen molar-refractivity contribution in [2.45, 2.75) is 54.4 Å². The van der Waals surface area contributed by atoms with Crippen LogP contribution in [0.25, 0.3) is 11.3 Å². The summed E-state index contributed by atoms with van der Waals surface area (Å²) < 4.78 is 28.0. The van der Waals surface area contributed by atoms with Gasteiger partial charge in [-0.1, -0.05) is 59.7 Å². The Kier molecular flexibility index (Phi) is 9.80. The number of fused-ring (bicyclic) bond motifs is 1. The number of hydrogen-bond acceptors (Lipinski definition) is 4. The minimum Gasteiger partial charge on any atom is -0.249 e. The number of hydrogen-bond donors (Lipinski definition) is 0. The molecule has 30 heavy (non-hydrogen) atoms.